The monoisotopic (exact) mass is 233 g/mol. The maximum Gasteiger partial charge on any atom is 0.226 e. The second-order valence-electron chi connectivity index (χ2n) is 4.46. The number of hydrogen-bond donors (Lipinski definition) is 1. The zero-order chi connectivity index (χ0) is 12.1. The molecule has 1 N–H and O–H groups in total. The highest BCUT2D eigenvalue weighted by Gasteiger charge is 2.25. The van der Waals surface area contributed by atoms with Crippen LogP contribution in [0.15, 0.2) is 24.3 Å². The number of carbonyl (C=O) groups is 1. The Morgan fingerprint density at radius 3 is 3.12 bits per heavy atom. The summed E-state index contributed by atoms with van der Waals surface area (Å²) >= 11 is 0. The summed E-state index contributed by atoms with van der Waals surface area (Å²) in [5, 5.41) is 2.97. The molecule has 0 unspecified atom stereocenters. The lowest BCUT2D eigenvalue weighted by atomic mass is 9.96. The molecule has 0 bridgehead atoms. The first kappa shape index (κ1) is 12.0. The molecule has 1 aliphatic heterocycles. The van der Waals surface area contributed by atoms with Gasteiger partial charge < -0.3 is 10.1 Å². The lowest BCUT2D eigenvalue weighted by Crippen LogP contribution is -2.37. The van der Waals surface area contributed by atoms with Crippen molar-refractivity contribution in [2.45, 2.75) is 26.2 Å². The molecule has 1 aliphatic rings. The van der Waals surface area contributed by atoms with E-state index >= 15 is 0 Å². The largest absolute Gasteiger partial charge is 0.492 e. The topological polar surface area (TPSA) is 38.3 Å². The lowest BCUT2D eigenvalue weighted by Gasteiger charge is -2.24. The van der Waals surface area contributed by atoms with Crippen LogP contribution in [-0.2, 0) is 11.2 Å². The molecule has 2 rings (SSSR count). The maximum absolute atomic E-state index is 11.9. The van der Waals surface area contributed by atoms with Crippen LogP contribution in [0, 0.1) is 5.92 Å². The summed E-state index contributed by atoms with van der Waals surface area (Å²) in [6.45, 7) is 3.38. The van der Waals surface area contributed by atoms with Gasteiger partial charge >= 0.3 is 0 Å². The highest BCUT2D eigenvalue weighted by Crippen LogP contribution is 2.26. The average molecular weight is 233 g/mol. The predicted molar refractivity (Wildman–Crippen MR) is 67.0 cm³/mol. The molecule has 0 aliphatic carbocycles. The molecule has 1 aromatic rings. The number of amides is 1. The molecule has 3 heteroatoms. The van der Waals surface area contributed by atoms with Crippen molar-refractivity contribution in [3.8, 4) is 5.75 Å². The minimum atomic E-state index is -0.0400. The highest BCUT2D eigenvalue weighted by molar-refractivity contribution is 5.79. The highest BCUT2D eigenvalue weighted by atomic mass is 16.5. The standard InChI is InChI=1S/C14H19NO2/c1-2-3-8-15-14(16)12-9-11-6-4-5-7-13(11)17-10-12/h4-7,12H,2-3,8-10H2,1H3,(H,15,16)/t12-/m1/s1. The minimum absolute atomic E-state index is 0.0400. The Balaban J connectivity index is 1.91. The van der Waals surface area contributed by atoms with Crippen molar-refractivity contribution in [3.05, 3.63) is 29.8 Å². The van der Waals surface area contributed by atoms with Crippen LogP contribution in [0.2, 0.25) is 0 Å². The van der Waals surface area contributed by atoms with Crippen molar-refractivity contribution in [2.24, 2.45) is 5.92 Å². The Morgan fingerprint density at radius 2 is 2.29 bits per heavy atom. The van der Waals surface area contributed by atoms with Crippen LogP contribution >= 0.6 is 0 Å². The van der Waals surface area contributed by atoms with Crippen molar-refractivity contribution in [1.29, 1.82) is 0 Å². The molecular weight excluding hydrogens is 214 g/mol. The molecule has 1 aromatic carbocycles. The normalized spacial score (nSPS) is 18.1. The van der Waals surface area contributed by atoms with Gasteiger partial charge in [0, 0.05) is 6.54 Å². The second-order valence-corrected chi connectivity index (χ2v) is 4.46. The fourth-order valence-corrected chi connectivity index (χ4v) is 2.03. The van der Waals surface area contributed by atoms with E-state index in [9.17, 15) is 4.79 Å². The van der Waals surface area contributed by atoms with Gasteiger partial charge in [0.25, 0.3) is 0 Å². The van der Waals surface area contributed by atoms with E-state index < -0.39 is 0 Å². The van der Waals surface area contributed by atoms with E-state index in [0.29, 0.717) is 6.61 Å². The van der Waals surface area contributed by atoms with E-state index in [1.54, 1.807) is 0 Å². The first-order valence-corrected chi connectivity index (χ1v) is 6.29. The second kappa shape index (κ2) is 5.71. The van der Waals surface area contributed by atoms with Gasteiger partial charge in [-0.25, -0.2) is 0 Å². The number of nitrogens with one attached hydrogen (secondary N) is 1. The summed E-state index contributed by atoms with van der Waals surface area (Å²) in [5.74, 6) is 1.000. The molecule has 0 saturated carbocycles. The molecule has 0 radical (unpaired) electrons. The molecule has 17 heavy (non-hydrogen) atoms. The molecule has 0 spiro atoms. The summed E-state index contributed by atoms with van der Waals surface area (Å²) in [7, 11) is 0. The fourth-order valence-electron chi connectivity index (χ4n) is 2.03. The molecule has 0 saturated heterocycles. The molecule has 1 amide bonds. The Labute approximate surface area is 102 Å². The fraction of sp³-hybridized carbons (Fsp3) is 0.500. The van der Waals surface area contributed by atoms with Gasteiger partial charge in [0.1, 0.15) is 12.4 Å². The van der Waals surface area contributed by atoms with Crippen molar-refractivity contribution < 1.29 is 9.53 Å². The van der Waals surface area contributed by atoms with E-state index in [0.717, 1.165) is 37.1 Å². The van der Waals surface area contributed by atoms with Crippen LogP contribution in [0.5, 0.6) is 5.75 Å². The van der Waals surface area contributed by atoms with Gasteiger partial charge in [-0.05, 0) is 24.5 Å². The van der Waals surface area contributed by atoms with Gasteiger partial charge in [-0.2, -0.15) is 0 Å². The van der Waals surface area contributed by atoms with Crippen LogP contribution in [0.3, 0.4) is 0 Å². The SMILES string of the molecule is CCCCNC(=O)[C@H]1COc2ccccc2C1. The number of rotatable bonds is 4. The zero-order valence-corrected chi connectivity index (χ0v) is 10.2. The predicted octanol–water partition coefficient (Wildman–Crippen LogP) is 2.15. The van der Waals surface area contributed by atoms with Crippen molar-refractivity contribution in [3.63, 3.8) is 0 Å². The van der Waals surface area contributed by atoms with Crippen LogP contribution in [0.1, 0.15) is 25.3 Å². The molecule has 3 nitrogen and oxygen atoms in total. The van der Waals surface area contributed by atoms with Crippen LogP contribution in [0.25, 0.3) is 0 Å². The smallest absolute Gasteiger partial charge is 0.226 e. The molecule has 0 fully saturated rings. The molecular formula is C14H19NO2. The number of hydrogen-bond acceptors (Lipinski definition) is 2. The quantitative estimate of drug-likeness (QED) is 0.809. The third kappa shape index (κ3) is 2.99. The number of ether oxygens (including phenoxy) is 1. The first-order valence-electron chi connectivity index (χ1n) is 6.29. The van der Waals surface area contributed by atoms with Crippen LogP contribution in [0.4, 0.5) is 0 Å². The van der Waals surface area contributed by atoms with Crippen LogP contribution < -0.4 is 10.1 Å². The minimum Gasteiger partial charge on any atom is -0.492 e. The van der Waals surface area contributed by atoms with Gasteiger partial charge in [-0.3, -0.25) is 4.79 Å². The Hall–Kier alpha value is -1.51. The summed E-state index contributed by atoms with van der Waals surface area (Å²) in [6.07, 6.45) is 2.92. The maximum atomic E-state index is 11.9. The van der Waals surface area contributed by atoms with Gasteiger partial charge in [0.05, 0.1) is 5.92 Å². The van der Waals surface area contributed by atoms with Crippen molar-refractivity contribution >= 4 is 5.91 Å². The van der Waals surface area contributed by atoms with E-state index in [4.69, 9.17) is 4.74 Å². The number of fused-ring (bicyclic) bond motifs is 1. The van der Waals surface area contributed by atoms with Gasteiger partial charge in [0.15, 0.2) is 0 Å². The number of unbranched alkanes of at least 4 members (excludes halogenated alkanes) is 1. The summed E-state index contributed by atoms with van der Waals surface area (Å²) in [6, 6.07) is 7.93. The van der Waals surface area contributed by atoms with E-state index in [1.807, 2.05) is 24.3 Å². The summed E-state index contributed by atoms with van der Waals surface area (Å²) < 4.78 is 5.60. The van der Waals surface area contributed by atoms with Gasteiger partial charge in [-0.15, -0.1) is 0 Å². The molecule has 0 aromatic heterocycles. The van der Waals surface area contributed by atoms with Crippen LogP contribution in [-0.4, -0.2) is 19.1 Å². The molecule has 1 heterocycles. The van der Waals surface area contributed by atoms with Gasteiger partial charge in [-0.1, -0.05) is 31.5 Å². The van der Waals surface area contributed by atoms with Gasteiger partial charge in [0.2, 0.25) is 5.91 Å². The summed E-state index contributed by atoms with van der Waals surface area (Å²) in [5.41, 5.74) is 1.13. The number of carbonyl (C=O) groups excluding carboxylic acids is 1. The van der Waals surface area contributed by atoms with Crippen molar-refractivity contribution in [1.82, 2.24) is 5.32 Å². The Bertz CT molecular complexity index is 390. The molecule has 1 atom stereocenters. The molecule has 92 valence electrons. The van der Waals surface area contributed by atoms with E-state index in [-0.39, 0.29) is 11.8 Å². The number of benzene rings is 1. The Morgan fingerprint density at radius 1 is 1.47 bits per heavy atom. The third-order valence-corrected chi connectivity index (χ3v) is 3.08. The summed E-state index contributed by atoms with van der Waals surface area (Å²) in [4.78, 5) is 11.9. The zero-order valence-electron chi connectivity index (χ0n) is 10.2. The first-order chi connectivity index (χ1) is 8.31. The Kier molecular flexibility index (Phi) is 4.02. The van der Waals surface area contributed by atoms with E-state index in [2.05, 4.69) is 12.2 Å². The third-order valence-electron chi connectivity index (χ3n) is 3.08. The average Bonchev–Trinajstić information content (AvgIpc) is 2.38. The van der Waals surface area contributed by atoms with Crippen molar-refractivity contribution in [2.75, 3.05) is 13.2 Å². The van der Waals surface area contributed by atoms with E-state index in [1.165, 1.54) is 0 Å². The lowest BCUT2D eigenvalue weighted by molar-refractivity contribution is -0.126. The number of para-hydroxylation sites is 1.